The molecule has 1 unspecified atom stereocenters. The van der Waals surface area contributed by atoms with Crippen LogP contribution in [0.5, 0.6) is 0 Å². The molecule has 0 amide bonds. The van der Waals surface area contributed by atoms with Crippen LogP contribution in [0.25, 0.3) is 0 Å². The molecule has 0 saturated carbocycles. The Morgan fingerprint density at radius 2 is 2.07 bits per heavy atom. The van der Waals surface area contributed by atoms with E-state index >= 15 is 0 Å². The van der Waals surface area contributed by atoms with E-state index in [1.54, 1.807) is 6.92 Å². The van der Waals surface area contributed by atoms with E-state index in [-0.39, 0.29) is 0 Å². The highest BCUT2D eigenvalue weighted by atomic mass is 16.5. The monoisotopic (exact) mass is 203 g/mol. The molecule has 0 aliphatic carbocycles. The maximum atomic E-state index is 9.63. The second-order valence-corrected chi connectivity index (χ2v) is 4.37. The lowest BCUT2D eigenvalue weighted by Crippen LogP contribution is -2.30. The van der Waals surface area contributed by atoms with Gasteiger partial charge in [0, 0.05) is 12.6 Å². The minimum Gasteiger partial charge on any atom is -0.388 e. The molecule has 14 heavy (non-hydrogen) atoms. The van der Waals surface area contributed by atoms with Crippen LogP contribution in [0.1, 0.15) is 40.5 Å². The molecule has 0 radical (unpaired) electrons. The Labute approximate surface area is 87.8 Å². The van der Waals surface area contributed by atoms with Gasteiger partial charge in [0.2, 0.25) is 0 Å². The summed E-state index contributed by atoms with van der Waals surface area (Å²) in [4.78, 5) is 0. The Balaban J connectivity index is 3.21. The molecular weight excluding hydrogens is 178 g/mol. The van der Waals surface area contributed by atoms with Crippen LogP contribution in [-0.2, 0) is 4.74 Å². The lowest BCUT2D eigenvalue weighted by atomic mass is 10.1. The van der Waals surface area contributed by atoms with Gasteiger partial charge in [0.1, 0.15) is 0 Å². The molecule has 0 fully saturated rings. The van der Waals surface area contributed by atoms with Crippen molar-refractivity contribution >= 4 is 0 Å². The van der Waals surface area contributed by atoms with Crippen LogP contribution < -0.4 is 5.32 Å². The molecule has 86 valence electrons. The van der Waals surface area contributed by atoms with E-state index in [9.17, 15) is 5.11 Å². The molecule has 0 aliphatic heterocycles. The zero-order valence-electron chi connectivity index (χ0n) is 9.97. The number of aliphatic hydroxyl groups is 1. The van der Waals surface area contributed by atoms with Gasteiger partial charge in [-0.05, 0) is 26.3 Å². The second kappa shape index (κ2) is 7.21. The molecule has 1 atom stereocenters. The SMILES string of the molecule is CCC(C)(O)COCCCNC(C)C. The summed E-state index contributed by atoms with van der Waals surface area (Å²) in [6.45, 7) is 10.2. The van der Waals surface area contributed by atoms with E-state index in [0.717, 1.165) is 26.0 Å². The van der Waals surface area contributed by atoms with Gasteiger partial charge in [-0.2, -0.15) is 0 Å². The van der Waals surface area contributed by atoms with Crippen molar-refractivity contribution in [3.63, 3.8) is 0 Å². The molecule has 0 heterocycles. The van der Waals surface area contributed by atoms with Gasteiger partial charge in [0.25, 0.3) is 0 Å². The fourth-order valence-electron chi connectivity index (χ4n) is 0.959. The molecule has 0 aromatic carbocycles. The fraction of sp³-hybridized carbons (Fsp3) is 1.00. The average Bonchev–Trinajstić information content (AvgIpc) is 2.10. The van der Waals surface area contributed by atoms with Gasteiger partial charge in [-0.3, -0.25) is 0 Å². The smallest absolute Gasteiger partial charge is 0.0849 e. The van der Waals surface area contributed by atoms with Gasteiger partial charge in [0.15, 0.2) is 0 Å². The average molecular weight is 203 g/mol. The first-order valence-corrected chi connectivity index (χ1v) is 5.51. The van der Waals surface area contributed by atoms with E-state index in [1.165, 1.54) is 0 Å². The van der Waals surface area contributed by atoms with Crippen LogP contribution in [0.3, 0.4) is 0 Å². The maximum Gasteiger partial charge on any atom is 0.0849 e. The number of rotatable bonds is 8. The van der Waals surface area contributed by atoms with E-state index in [4.69, 9.17) is 4.74 Å². The number of ether oxygens (including phenoxy) is 1. The summed E-state index contributed by atoms with van der Waals surface area (Å²) < 4.78 is 5.38. The Hall–Kier alpha value is -0.120. The third-order valence-electron chi connectivity index (χ3n) is 2.19. The van der Waals surface area contributed by atoms with Crippen molar-refractivity contribution in [3.8, 4) is 0 Å². The first-order chi connectivity index (χ1) is 6.48. The van der Waals surface area contributed by atoms with E-state index in [2.05, 4.69) is 19.2 Å². The molecule has 2 N–H and O–H groups in total. The van der Waals surface area contributed by atoms with Gasteiger partial charge in [0.05, 0.1) is 12.2 Å². The second-order valence-electron chi connectivity index (χ2n) is 4.37. The predicted molar refractivity (Wildman–Crippen MR) is 59.5 cm³/mol. The van der Waals surface area contributed by atoms with E-state index in [0.29, 0.717) is 12.6 Å². The Morgan fingerprint density at radius 1 is 1.43 bits per heavy atom. The Kier molecular flexibility index (Phi) is 7.15. The van der Waals surface area contributed by atoms with Crippen molar-refractivity contribution < 1.29 is 9.84 Å². The summed E-state index contributed by atoms with van der Waals surface area (Å²) in [6, 6.07) is 0.536. The highest BCUT2D eigenvalue weighted by Crippen LogP contribution is 2.08. The van der Waals surface area contributed by atoms with Crippen LogP contribution in [0.4, 0.5) is 0 Å². The molecule has 0 bridgehead atoms. The highest BCUT2D eigenvalue weighted by molar-refractivity contribution is 4.68. The van der Waals surface area contributed by atoms with Crippen LogP contribution >= 0.6 is 0 Å². The predicted octanol–water partition coefficient (Wildman–Crippen LogP) is 1.55. The molecule has 0 aliphatic rings. The summed E-state index contributed by atoms with van der Waals surface area (Å²) in [5, 5.41) is 12.9. The van der Waals surface area contributed by atoms with Crippen molar-refractivity contribution in [1.29, 1.82) is 0 Å². The van der Waals surface area contributed by atoms with Crippen molar-refractivity contribution in [1.82, 2.24) is 5.32 Å². The topological polar surface area (TPSA) is 41.5 Å². The minimum absolute atomic E-state index is 0.436. The maximum absolute atomic E-state index is 9.63. The Bertz CT molecular complexity index is 135. The molecule has 0 spiro atoms. The van der Waals surface area contributed by atoms with Gasteiger partial charge >= 0.3 is 0 Å². The zero-order valence-corrected chi connectivity index (χ0v) is 9.97. The van der Waals surface area contributed by atoms with Gasteiger partial charge in [-0.15, -0.1) is 0 Å². The molecule has 0 aromatic rings. The van der Waals surface area contributed by atoms with Crippen LogP contribution in [0.15, 0.2) is 0 Å². The molecular formula is C11H25NO2. The van der Waals surface area contributed by atoms with Gasteiger partial charge in [-0.25, -0.2) is 0 Å². The molecule has 0 aromatic heterocycles. The minimum atomic E-state index is -0.661. The van der Waals surface area contributed by atoms with Crippen LogP contribution in [-0.4, -0.2) is 36.5 Å². The number of nitrogens with one attached hydrogen (secondary N) is 1. The van der Waals surface area contributed by atoms with Gasteiger partial charge < -0.3 is 15.2 Å². The zero-order chi connectivity index (χ0) is 11.0. The molecule has 3 nitrogen and oxygen atoms in total. The summed E-state index contributed by atoms with van der Waals surface area (Å²) in [5.74, 6) is 0. The number of hydrogen-bond acceptors (Lipinski definition) is 3. The lowest BCUT2D eigenvalue weighted by molar-refractivity contribution is -0.0361. The molecule has 0 rings (SSSR count). The quantitative estimate of drug-likeness (QED) is 0.588. The highest BCUT2D eigenvalue weighted by Gasteiger charge is 2.16. The fourth-order valence-corrected chi connectivity index (χ4v) is 0.959. The first kappa shape index (κ1) is 13.9. The summed E-state index contributed by atoms with van der Waals surface area (Å²) in [6.07, 6.45) is 1.73. The van der Waals surface area contributed by atoms with Crippen LogP contribution in [0.2, 0.25) is 0 Å². The largest absolute Gasteiger partial charge is 0.388 e. The van der Waals surface area contributed by atoms with Crippen molar-refractivity contribution in [2.45, 2.75) is 52.2 Å². The van der Waals surface area contributed by atoms with E-state index in [1.807, 2.05) is 6.92 Å². The molecule has 3 heteroatoms. The summed E-state index contributed by atoms with van der Waals surface area (Å²) in [5.41, 5.74) is -0.661. The third-order valence-corrected chi connectivity index (χ3v) is 2.19. The Morgan fingerprint density at radius 3 is 2.57 bits per heavy atom. The van der Waals surface area contributed by atoms with Crippen molar-refractivity contribution in [2.75, 3.05) is 19.8 Å². The number of hydrogen-bond donors (Lipinski definition) is 2. The van der Waals surface area contributed by atoms with Crippen molar-refractivity contribution in [3.05, 3.63) is 0 Å². The normalized spacial score (nSPS) is 15.9. The summed E-state index contributed by atoms with van der Waals surface area (Å²) >= 11 is 0. The van der Waals surface area contributed by atoms with Crippen molar-refractivity contribution in [2.24, 2.45) is 0 Å². The van der Waals surface area contributed by atoms with Gasteiger partial charge in [-0.1, -0.05) is 20.8 Å². The third kappa shape index (κ3) is 8.48. The van der Waals surface area contributed by atoms with E-state index < -0.39 is 5.60 Å². The first-order valence-electron chi connectivity index (χ1n) is 5.51. The lowest BCUT2D eigenvalue weighted by Gasteiger charge is -2.20. The molecule has 0 saturated heterocycles. The standard InChI is InChI=1S/C11H25NO2/c1-5-11(4,13)9-14-8-6-7-12-10(2)3/h10,12-13H,5-9H2,1-4H3. The summed E-state index contributed by atoms with van der Waals surface area (Å²) in [7, 11) is 0. The van der Waals surface area contributed by atoms with Crippen LogP contribution in [0, 0.1) is 0 Å².